The highest BCUT2D eigenvalue weighted by Gasteiger charge is 2.25. The van der Waals surface area contributed by atoms with Crippen molar-refractivity contribution in [3.63, 3.8) is 0 Å². The highest BCUT2D eigenvalue weighted by Crippen LogP contribution is 2.33. The fourth-order valence-corrected chi connectivity index (χ4v) is 4.22. The Balaban J connectivity index is 2.30. The number of aryl methyl sites for hydroxylation is 2. The Labute approximate surface area is 179 Å². The first-order chi connectivity index (χ1) is 14.1. The third-order valence-corrected chi connectivity index (χ3v) is 6.01. The summed E-state index contributed by atoms with van der Waals surface area (Å²) in [5.74, 6) is 0.425. The van der Waals surface area contributed by atoms with E-state index in [1.165, 1.54) is 14.2 Å². The lowest BCUT2D eigenvalue weighted by molar-refractivity contribution is -0.120. The van der Waals surface area contributed by atoms with Crippen molar-refractivity contribution < 1.29 is 22.7 Å². The second-order valence-corrected chi connectivity index (χ2v) is 9.10. The zero-order valence-corrected chi connectivity index (χ0v) is 19.2. The molecule has 0 spiro atoms. The first kappa shape index (κ1) is 23.5. The molecule has 2 aromatic rings. The highest BCUT2D eigenvalue weighted by molar-refractivity contribution is 7.92. The second kappa shape index (κ2) is 9.84. The molecule has 1 amide bonds. The molecule has 0 saturated heterocycles. The molecule has 0 aliphatic carbocycles. The van der Waals surface area contributed by atoms with Gasteiger partial charge in [0.05, 0.1) is 32.2 Å². The van der Waals surface area contributed by atoms with E-state index in [0.29, 0.717) is 17.9 Å². The summed E-state index contributed by atoms with van der Waals surface area (Å²) in [6.07, 6.45) is 1.74. The van der Waals surface area contributed by atoms with E-state index in [9.17, 15) is 13.2 Å². The number of benzene rings is 2. The largest absolute Gasteiger partial charge is 0.497 e. The fraction of sp³-hybridized carbons (Fsp3) is 0.409. The molecule has 1 atom stereocenters. The first-order valence-corrected chi connectivity index (χ1v) is 11.5. The highest BCUT2D eigenvalue weighted by atomic mass is 32.2. The van der Waals surface area contributed by atoms with Gasteiger partial charge in [0.1, 0.15) is 18.0 Å². The molecule has 0 aliphatic rings. The normalized spacial score (nSPS) is 12.2. The van der Waals surface area contributed by atoms with Crippen LogP contribution in [0.15, 0.2) is 36.4 Å². The Bertz CT molecular complexity index is 1000. The molecule has 1 N–H and O–H groups in total. The van der Waals surface area contributed by atoms with Crippen LogP contribution in [0.3, 0.4) is 0 Å². The Morgan fingerprint density at radius 2 is 1.80 bits per heavy atom. The van der Waals surface area contributed by atoms with Crippen molar-refractivity contribution >= 4 is 21.6 Å². The summed E-state index contributed by atoms with van der Waals surface area (Å²) >= 11 is 0. The summed E-state index contributed by atoms with van der Waals surface area (Å²) in [4.78, 5) is 12.8. The molecule has 0 aliphatic heterocycles. The molecule has 0 heterocycles. The molecule has 0 bridgehead atoms. The minimum absolute atomic E-state index is 0.211. The van der Waals surface area contributed by atoms with Gasteiger partial charge < -0.3 is 14.8 Å². The van der Waals surface area contributed by atoms with Crippen molar-refractivity contribution in [3.8, 4) is 11.5 Å². The van der Waals surface area contributed by atoms with Gasteiger partial charge in [-0.25, -0.2) is 8.42 Å². The SMILES string of the molecule is CC[C@H](NC(=O)CN(c1ccc(OC)cc1OC)S(C)(=O)=O)c1ccc(C)cc1C. The number of carbonyl (C=O) groups excluding carboxylic acids is 1. The van der Waals surface area contributed by atoms with Crippen LogP contribution in [0.4, 0.5) is 5.69 Å². The number of hydrogen-bond donors (Lipinski definition) is 1. The first-order valence-electron chi connectivity index (χ1n) is 9.67. The van der Waals surface area contributed by atoms with E-state index < -0.39 is 15.9 Å². The average molecular weight is 435 g/mol. The van der Waals surface area contributed by atoms with Crippen LogP contribution in [0.2, 0.25) is 0 Å². The van der Waals surface area contributed by atoms with Crippen molar-refractivity contribution in [2.45, 2.75) is 33.2 Å². The van der Waals surface area contributed by atoms with E-state index in [1.807, 2.05) is 32.9 Å². The van der Waals surface area contributed by atoms with Crippen molar-refractivity contribution in [2.75, 3.05) is 31.3 Å². The quantitative estimate of drug-likeness (QED) is 0.654. The molecule has 0 unspecified atom stereocenters. The van der Waals surface area contributed by atoms with Crippen LogP contribution in [-0.4, -0.2) is 41.3 Å². The molecule has 0 radical (unpaired) electrons. The van der Waals surface area contributed by atoms with Crippen LogP contribution in [0.1, 0.15) is 36.1 Å². The van der Waals surface area contributed by atoms with Gasteiger partial charge in [0.15, 0.2) is 0 Å². The van der Waals surface area contributed by atoms with Crippen molar-refractivity contribution in [1.29, 1.82) is 0 Å². The molecule has 0 saturated carbocycles. The summed E-state index contributed by atoms with van der Waals surface area (Å²) in [5, 5.41) is 2.97. The lowest BCUT2D eigenvalue weighted by atomic mass is 9.97. The molecular formula is C22H30N2O5S. The van der Waals surface area contributed by atoms with Gasteiger partial charge in [-0.2, -0.15) is 0 Å². The molecule has 0 fully saturated rings. The van der Waals surface area contributed by atoms with Gasteiger partial charge in [-0.05, 0) is 43.5 Å². The molecule has 7 nitrogen and oxygen atoms in total. The molecule has 2 rings (SSSR count). The van der Waals surface area contributed by atoms with Gasteiger partial charge in [0, 0.05) is 6.07 Å². The number of hydrogen-bond acceptors (Lipinski definition) is 5. The maximum atomic E-state index is 12.8. The zero-order chi connectivity index (χ0) is 22.5. The third-order valence-electron chi connectivity index (χ3n) is 4.89. The van der Waals surface area contributed by atoms with Crippen molar-refractivity contribution in [1.82, 2.24) is 5.32 Å². The van der Waals surface area contributed by atoms with Gasteiger partial charge in [0.25, 0.3) is 0 Å². The molecule has 2 aromatic carbocycles. The van der Waals surface area contributed by atoms with E-state index in [2.05, 4.69) is 11.4 Å². The molecule has 30 heavy (non-hydrogen) atoms. The zero-order valence-electron chi connectivity index (χ0n) is 18.4. The maximum Gasteiger partial charge on any atom is 0.241 e. The Morgan fingerprint density at radius 3 is 2.33 bits per heavy atom. The number of anilines is 1. The lowest BCUT2D eigenvalue weighted by Gasteiger charge is -2.26. The van der Waals surface area contributed by atoms with Gasteiger partial charge in [-0.15, -0.1) is 0 Å². The fourth-order valence-electron chi connectivity index (χ4n) is 3.36. The smallest absolute Gasteiger partial charge is 0.241 e. The summed E-state index contributed by atoms with van der Waals surface area (Å²) in [6, 6.07) is 10.6. The topological polar surface area (TPSA) is 84.9 Å². The van der Waals surface area contributed by atoms with E-state index in [1.54, 1.807) is 18.2 Å². The lowest BCUT2D eigenvalue weighted by Crippen LogP contribution is -2.41. The third kappa shape index (κ3) is 5.66. The molecule has 0 aromatic heterocycles. The van der Waals surface area contributed by atoms with Crippen LogP contribution in [0.5, 0.6) is 11.5 Å². The Kier molecular flexibility index (Phi) is 7.72. The molecule has 8 heteroatoms. The summed E-state index contributed by atoms with van der Waals surface area (Å²) in [6.45, 7) is 5.64. The van der Waals surface area contributed by atoms with Gasteiger partial charge >= 0.3 is 0 Å². The van der Waals surface area contributed by atoms with Crippen LogP contribution < -0.4 is 19.1 Å². The molecular weight excluding hydrogens is 404 g/mol. The Hall–Kier alpha value is -2.74. The van der Waals surface area contributed by atoms with E-state index in [-0.39, 0.29) is 18.3 Å². The standard InChI is InChI=1S/C22H30N2O5S/c1-7-19(18-10-8-15(2)12-16(18)3)23-22(25)14-24(30(6,26)27)20-11-9-17(28-4)13-21(20)29-5/h8-13,19H,7,14H2,1-6H3,(H,23,25)/t19-/m0/s1. The predicted octanol–water partition coefficient (Wildman–Crippen LogP) is 3.35. The minimum Gasteiger partial charge on any atom is -0.497 e. The number of ether oxygens (including phenoxy) is 2. The summed E-state index contributed by atoms with van der Waals surface area (Å²) in [7, 11) is -0.790. The average Bonchev–Trinajstić information content (AvgIpc) is 2.69. The monoisotopic (exact) mass is 434 g/mol. The van der Waals surface area contributed by atoms with Gasteiger partial charge in [-0.1, -0.05) is 30.7 Å². The van der Waals surface area contributed by atoms with E-state index in [0.717, 1.165) is 27.3 Å². The van der Waals surface area contributed by atoms with E-state index in [4.69, 9.17) is 9.47 Å². The Morgan fingerprint density at radius 1 is 1.10 bits per heavy atom. The summed E-state index contributed by atoms with van der Waals surface area (Å²) < 4.78 is 36.5. The number of amides is 1. The second-order valence-electron chi connectivity index (χ2n) is 7.20. The number of nitrogens with zero attached hydrogens (tertiary/aromatic N) is 1. The number of nitrogens with one attached hydrogen (secondary N) is 1. The van der Waals surface area contributed by atoms with Crippen LogP contribution in [0, 0.1) is 13.8 Å². The number of sulfonamides is 1. The maximum absolute atomic E-state index is 12.8. The van der Waals surface area contributed by atoms with Crippen molar-refractivity contribution in [3.05, 3.63) is 53.1 Å². The number of methoxy groups -OCH3 is 2. The van der Waals surface area contributed by atoms with Crippen LogP contribution in [-0.2, 0) is 14.8 Å². The van der Waals surface area contributed by atoms with Crippen molar-refractivity contribution in [2.24, 2.45) is 0 Å². The molecule has 164 valence electrons. The number of carbonyl (C=O) groups is 1. The van der Waals surface area contributed by atoms with Crippen LogP contribution >= 0.6 is 0 Å². The summed E-state index contributed by atoms with van der Waals surface area (Å²) in [5.41, 5.74) is 3.52. The van der Waals surface area contributed by atoms with Gasteiger partial charge in [0.2, 0.25) is 15.9 Å². The number of rotatable bonds is 9. The van der Waals surface area contributed by atoms with Crippen LogP contribution in [0.25, 0.3) is 0 Å². The predicted molar refractivity (Wildman–Crippen MR) is 119 cm³/mol. The van der Waals surface area contributed by atoms with E-state index >= 15 is 0 Å². The minimum atomic E-state index is -3.73. The van der Waals surface area contributed by atoms with Gasteiger partial charge in [-0.3, -0.25) is 9.10 Å².